The molecule has 3 aromatic rings. The maximum absolute atomic E-state index is 13.4. The zero-order valence-corrected chi connectivity index (χ0v) is 13.3. The number of imidazole rings is 1. The molecule has 0 bridgehead atoms. The van der Waals surface area contributed by atoms with Crippen LogP contribution in [0.4, 0.5) is 10.2 Å². The van der Waals surface area contributed by atoms with Gasteiger partial charge in [-0.2, -0.15) is 9.62 Å². The van der Waals surface area contributed by atoms with E-state index in [2.05, 4.69) is 9.35 Å². The molecule has 0 N–H and O–H groups in total. The molecule has 1 unspecified atom stereocenters. The number of fused-ring (bicyclic) bond motifs is 1. The van der Waals surface area contributed by atoms with Crippen LogP contribution < -0.4 is 0 Å². The molecule has 1 atom stereocenters. The summed E-state index contributed by atoms with van der Waals surface area (Å²) >= 11 is 0. The van der Waals surface area contributed by atoms with Crippen LogP contribution in [0.15, 0.2) is 51.9 Å². The molecule has 0 aliphatic carbocycles. The highest BCUT2D eigenvalue weighted by Gasteiger charge is 2.13. The average Bonchev–Trinajstić information content (AvgIpc) is 2.82. The first-order valence-electron chi connectivity index (χ1n) is 6.77. The molecule has 3 rings (SSSR count). The second-order valence-corrected chi connectivity index (χ2v) is 7.39. The van der Waals surface area contributed by atoms with Crippen molar-refractivity contribution in [1.82, 2.24) is 9.38 Å². The van der Waals surface area contributed by atoms with Crippen LogP contribution in [0.3, 0.4) is 0 Å². The summed E-state index contributed by atoms with van der Waals surface area (Å²) in [6.07, 6.45) is 3.05. The molecule has 0 saturated carbocycles. The lowest BCUT2D eigenvalue weighted by Crippen LogP contribution is -1.98. The first kappa shape index (κ1) is 15.2. The van der Waals surface area contributed by atoms with E-state index in [1.807, 2.05) is 6.07 Å². The summed E-state index contributed by atoms with van der Waals surface area (Å²) in [5, 5.41) is 9.02. The Kier molecular flexibility index (Phi) is 3.62. The minimum atomic E-state index is -2.85. The van der Waals surface area contributed by atoms with Crippen molar-refractivity contribution < 1.29 is 8.60 Å². The van der Waals surface area contributed by atoms with Crippen LogP contribution in [-0.2, 0) is 9.73 Å². The van der Waals surface area contributed by atoms with Gasteiger partial charge in [-0.15, -0.1) is 0 Å². The highest BCUT2D eigenvalue weighted by atomic mass is 32.2. The maximum Gasteiger partial charge on any atom is 0.169 e. The van der Waals surface area contributed by atoms with Crippen molar-refractivity contribution >= 4 is 21.2 Å². The number of halogens is 1. The van der Waals surface area contributed by atoms with E-state index in [1.54, 1.807) is 35.7 Å². The highest BCUT2D eigenvalue weighted by Crippen LogP contribution is 2.25. The van der Waals surface area contributed by atoms with E-state index in [1.165, 1.54) is 24.5 Å². The Labute approximate surface area is 133 Å². The van der Waals surface area contributed by atoms with Crippen LogP contribution in [0.5, 0.6) is 0 Å². The summed E-state index contributed by atoms with van der Waals surface area (Å²) in [4.78, 5) is 4.65. The number of aryl methyl sites for hydroxylation is 1. The molecule has 2 heterocycles. The third-order valence-corrected chi connectivity index (χ3v) is 5.03. The second-order valence-electron chi connectivity index (χ2n) is 5.13. The molecule has 5 nitrogen and oxygen atoms in total. The Bertz CT molecular complexity index is 1070. The van der Waals surface area contributed by atoms with Gasteiger partial charge in [0.15, 0.2) is 5.82 Å². The fourth-order valence-electron chi connectivity index (χ4n) is 2.25. The molecule has 0 fully saturated rings. The van der Waals surface area contributed by atoms with Crippen LogP contribution >= 0.6 is 0 Å². The van der Waals surface area contributed by atoms with E-state index in [9.17, 15) is 8.60 Å². The van der Waals surface area contributed by atoms with E-state index in [0.29, 0.717) is 27.6 Å². The minimum Gasteiger partial charge on any atom is -0.283 e. The van der Waals surface area contributed by atoms with Gasteiger partial charge in [-0.25, -0.2) is 13.6 Å². The Morgan fingerprint density at radius 3 is 2.83 bits per heavy atom. The van der Waals surface area contributed by atoms with Crippen LogP contribution in [-0.4, -0.2) is 19.8 Å². The standard InChI is InChI=1S/C16H13FN4OS/c1-11-16(21-10-12(9-18)6-7-15(21)19-11)20-23(2,22)14-5-3-4-13(17)8-14/h3-8,10H,1-2H3. The van der Waals surface area contributed by atoms with Crippen molar-refractivity contribution in [2.24, 2.45) is 4.36 Å². The number of nitrogens with zero attached hydrogens (tertiary/aromatic N) is 4. The van der Waals surface area contributed by atoms with E-state index < -0.39 is 15.5 Å². The number of benzene rings is 1. The smallest absolute Gasteiger partial charge is 0.169 e. The molecule has 1 aromatic carbocycles. The predicted molar refractivity (Wildman–Crippen MR) is 85.5 cm³/mol. The molecule has 116 valence electrons. The Morgan fingerprint density at radius 1 is 1.35 bits per heavy atom. The molecule has 0 aliphatic rings. The number of pyridine rings is 1. The van der Waals surface area contributed by atoms with Crippen LogP contribution in [0.25, 0.3) is 5.65 Å². The van der Waals surface area contributed by atoms with Gasteiger partial charge in [-0.1, -0.05) is 6.07 Å². The first-order valence-corrected chi connectivity index (χ1v) is 8.69. The quantitative estimate of drug-likeness (QED) is 0.723. The predicted octanol–water partition coefficient (Wildman–Crippen LogP) is 3.44. The lowest BCUT2D eigenvalue weighted by molar-refractivity contribution is 0.622. The molecule has 23 heavy (non-hydrogen) atoms. The van der Waals surface area contributed by atoms with Gasteiger partial charge in [0.05, 0.1) is 25.9 Å². The zero-order valence-electron chi connectivity index (χ0n) is 12.5. The van der Waals surface area contributed by atoms with Gasteiger partial charge in [-0.05, 0) is 37.3 Å². The number of rotatable bonds is 2. The summed E-state index contributed by atoms with van der Waals surface area (Å²) in [6.45, 7) is 1.75. The van der Waals surface area contributed by atoms with Gasteiger partial charge in [-0.3, -0.25) is 4.40 Å². The molecule has 2 aromatic heterocycles. The molecule has 7 heteroatoms. The average molecular weight is 328 g/mol. The summed E-state index contributed by atoms with van der Waals surface area (Å²) < 4.78 is 32.2. The summed E-state index contributed by atoms with van der Waals surface area (Å²) in [6, 6.07) is 11.0. The van der Waals surface area contributed by atoms with E-state index in [-0.39, 0.29) is 0 Å². The second kappa shape index (κ2) is 5.48. The van der Waals surface area contributed by atoms with Crippen molar-refractivity contribution in [3.8, 4) is 6.07 Å². The van der Waals surface area contributed by atoms with Crippen LogP contribution in [0, 0.1) is 24.1 Å². The summed E-state index contributed by atoms with van der Waals surface area (Å²) in [5.74, 6) is -0.0669. The third-order valence-electron chi connectivity index (χ3n) is 3.38. The fourth-order valence-corrected chi connectivity index (χ4v) is 3.56. The molecular formula is C16H13FN4OS. The summed E-state index contributed by atoms with van der Waals surface area (Å²) in [7, 11) is -2.85. The van der Waals surface area contributed by atoms with Crippen molar-refractivity contribution in [3.63, 3.8) is 0 Å². The van der Waals surface area contributed by atoms with Gasteiger partial charge in [0.1, 0.15) is 17.5 Å². The first-order chi connectivity index (χ1) is 10.9. The normalized spacial score (nSPS) is 13.5. The van der Waals surface area contributed by atoms with Gasteiger partial charge >= 0.3 is 0 Å². The number of aromatic nitrogens is 2. The number of nitriles is 1. The Morgan fingerprint density at radius 2 is 2.13 bits per heavy atom. The molecule has 0 spiro atoms. The van der Waals surface area contributed by atoms with Crippen molar-refractivity contribution in [2.75, 3.05) is 6.26 Å². The summed E-state index contributed by atoms with van der Waals surface area (Å²) in [5.41, 5.74) is 1.64. The van der Waals surface area contributed by atoms with Crippen molar-refractivity contribution in [2.45, 2.75) is 11.8 Å². The number of hydrogen-bond donors (Lipinski definition) is 0. The molecular weight excluding hydrogens is 315 g/mol. The van der Waals surface area contributed by atoms with Gasteiger partial charge in [0.25, 0.3) is 0 Å². The fraction of sp³-hybridized carbons (Fsp3) is 0.125. The van der Waals surface area contributed by atoms with Crippen LogP contribution in [0.2, 0.25) is 0 Å². The molecule has 0 radical (unpaired) electrons. The number of hydrogen-bond acceptors (Lipinski definition) is 4. The van der Waals surface area contributed by atoms with Gasteiger partial charge in [0, 0.05) is 12.5 Å². The minimum absolute atomic E-state index is 0.309. The van der Waals surface area contributed by atoms with Gasteiger partial charge < -0.3 is 0 Å². The van der Waals surface area contributed by atoms with E-state index in [0.717, 1.165) is 0 Å². The monoisotopic (exact) mass is 328 g/mol. The third kappa shape index (κ3) is 2.81. The molecule has 0 aliphatic heterocycles. The topological polar surface area (TPSA) is 70.5 Å². The van der Waals surface area contributed by atoms with Crippen LogP contribution in [0.1, 0.15) is 11.3 Å². The van der Waals surface area contributed by atoms with Crippen molar-refractivity contribution in [3.05, 3.63) is 59.7 Å². The SMILES string of the molecule is Cc1nc2ccc(C#N)cn2c1N=S(C)(=O)c1cccc(F)c1. The van der Waals surface area contributed by atoms with Gasteiger partial charge in [0.2, 0.25) is 0 Å². The van der Waals surface area contributed by atoms with Crippen molar-refractivity contribution in [1.29, 1.82) is 5.26 Å². The molecule has 0 saturated heterocycles. The van der Waals surface area contributed by atoms with E-state index in [4.69, 9.17) is 5.26 Å². The highest BCUT2D eigenvalue weighted by molar-refractivity contribution is 7.93. The maximum atomic E-state index is 13.4. The van der Waals surface area contributed by atoms with E-state index >= 15 is 0 Å². The lowest BCUT2D eigenvalue weighted by Gasteiger charge is -2.05. The molecule has 0 amide bonds. The lowest BCUT2D eigenvalue weighted by atomic mass is 10.3. The Balaban J connectivity index is 2.26. The Hall–Kier alpha value is -2.72. The largest absolute Gasteiger partial charge is 0.283 e. The zero-order chi connectivity index (χ0) is 16.6.